The number of nitrogens with two attached hydrogens (primary N) is 1. The van der Waals surface area contributed by atoms with Crippen LogP contribution in [0, 0.1) is 18.6 Å². The van der Waals surface area contributed by atoms with Crippen molar-refractivity contribution >= 4 is 27.5 Å². The topological polar surface area (TPSA) is 114 Å². The predicted octanol–water partition coefficient (Wildman–Crippen LogP) is 5.75. The number of ketones is 1. The number of nitrogen functional groups attached to an aromatic ring is 1. The van der Waals surface area contributed by atoms with E-state index < -0.39 is 32.5 Å². The Morgan fingerprint density at radius 1 is 1.09 bits per heavy atom. The minimum absolute atomic E-state index is 0.0950. The molecule has 1 aliphatic heterocycles. The SMILES string of the molecule is Cc1cc(Oc2ccccc2F)ccc1-n1ncc(C(=O)C2=Cc3cc(F)c(CS(=O)(=O)C4CCOCC4)cc3C2)c1N. The van der Waals surface area contributed by atoms with Crippen LogP contribution in [-0.4, -0.2) is 42.4 Å². The van der Waals surface area contributed by atoms with Crippen molar-refractivity contribution in [3.63, 3.8) is 0 Å². The summed E-state index contributed by atoms with van der Waals surface area (Å²) in [6.45, 7) is 2.57. The lowest BCUT2D eigenvalue weighted by molar-refractivity contribution is 0.0983. The van der Waals surface area contributed by atoms with E-state index in [2.05, 4.69) is 5.10 Å². The number of carbonyl (C=O) groups is 1. The number of aryl methyl sites for hydroxylation is 1. The van der Waals surface area contributed by atoms with Crippen molar-refractivity contribution in [2.45, 2.75) is 37.2 Å². The van der Waals surface area contributed by atoms with Gasteiger partial charge < -0.3 is 15.2 Å². The number of para-hydroxylation sites is 1. The van der Waals surface area contributed by atoms with Gasteiger partial charge in [0.25, 0.3) is 0 Å². The van der Waals surface area contributed by atoms with Crippen molar-refractivity contribution in [1.29, 1.82) is 0 Å². The minimum Gasteiger partial charge on any atom is -0.454 e. The molecule has 0 atom stereocenters. The maximum Gasteiger partial charge on any atom is 0.194 e. The van der Waals surface area contributed by atoms with E-state index in [1.54, 1.807) is 42.5 Å². The quantitative estimate of drug-likeness (QED) is 0.255. The van der Waals surface area contributed by atoms with Crippen molar-refractivity contribution in [3.8, 4) is 17.2 Å². The summed E-state index contributed by atoms with van der Waals surface area (Å²) in [6.07, 6.45) is 4.00. The molecule has 1 aromatic heterocycles. The van der Waals surface area contributed by atoms with Gasteiger partial charge in [-0.15, -0.1) is 0 Å². The van der Waals surface area contributed by atoms with E-state index in [0.717, 1.165) is 5.56 Å². The van der Waals surface area contributed by atoms with Gasteiger partial charge in [-0.3, -0.25) is 4.79 Å². The lowest BCUT2D eigenvalue weighted by atomic mass is 10.0. The highest BCUT2D eigenvalue weighted by Gasteiger charge is 2.30. The van der Waals surface area contributed by atoms with Gasteiger partial charge in [-0.1, -0.05) is 18.2 Å². The molecule has 6 rings (SSSR count). The second-order valence-electron chi connectivity index (χ2n) is 10.8. The monoisotopic (exact) mass is 605 g/mol. The van der Waals surface area contributed by atoms with Crippen LogP contribution in [0.4, 0.5) is 14.6 Å². The van der Waals surface area contributed by atoms with Crippen molar-refractivity contribution in [3.05, 3.63) is 106 Å². The summed E-state index contributed by atoms with van der Waals surface area (Å²) in [5, 5.41) is 3.78. The molecule has 11 heteroatoms. The second-order valence-corrected chi connectivity index (χ2v) is 13.1. The molecule has 0 unspecified atom stereocenters. The number of aromatic nitrogens is 2. The third kappa shape index (κ3) is 5.70. The Kier molecular flexibility index (Phi) is 7.61. The predicted molar refractivity (Wildman–Crippen MR) is 158 cm³/mol. The fourth-order valence-corrected chi connectivity index (χ4v) is 7.32. The number of benzene rings is 3. The number of allylic oxidation sites excluding steroid dienone is 1. The number of halogens is 2. The number of rotatable bonds is 8. The molecule has 2 heterocycles. The normalized spacial score (nSPS) is 15.3. The van der Waals surface area contributed by atoms with Crippen LogP contribution in [0.25, 0.3) is 11.8 Å². The number of anilines is 1. The maximum atomic E-state index is 15.0. The van der Waals surface area contributed by atoms with Crippen molar-refractivity contribution < 1.29 is 31.5 Å². The summed E-state index contributed by atoms with van der Waals surface area (Å²) in [4.78, 5) is 13.5. The summed E-state index contributed by atoms with van der Waals surface area (Å²) in [5.41, 5.74) is 9.61. The highest BCUT2D eigenvalue weighted by molar-refractivity contribution is 7.91. The first-order valence-electron chi connectivity index (χ1n) is 13.8. The Bertz CT molecular complexity index is 1880. The van der Waals surface area contributed by atoms with E-state index in [-0.39, 0.29) is 34.9 Å². The van der Waals surface area contributed by atoms with Gasteiger partial charge in [0.2, 0.25) is 0 Å². The number of carbonyl (C=O) groups excluding carboxylic acids is 1. The first kappa shape index (κ1) is 28.8. The molecule has 0 bridgehead atoms. The van der Waals surface area contributed by atoms with Crippen LogP contribution in [0.1, 0.15) is 45.5 Å². The zero-order valence-electron chi connectivity index (χ0n) is 23.3. The molecule has 43 heavy (non-hydrogen) atoms. The van der Waals surface area contributed by atoms with Crippen LogP contribution in [0.15, 0.2) is 66.4 Å². The first-order valence-corrected chi connectivity index (χ1v) is 15.5. The van der Waals surface area contributed by atoms with Crippen molar-refractivity contribution in [2.24, 2.45) is 0 Å². The second kappa shape index (κ2) is 11.4. The van der Waals surface area contributed by atoms with Crippen LogP contribution in [0.2, 0.25) is 0 Å². The fraction of sp³-hybridized carbons (Fsp3) is 0.250. The number of nitrogens with zero attached hydrogens (tertiary/aromatic N) is 2. The Hall–Kier alpha value is -4.35. The molecule has 2 N–H and O–H groups in total. The van der Waals surface area contributed by atoms with E-state index in [9.17, 15) is 22.0 Å². The van der Waals surface area contributed by atoms with Gasteiger partial charge in [-0.2, -0.15) is 5.10 Å². The third-order valence-corrected chi connectivity index (χ3v) is 10.1. The number of fused-ring (bicyclic) bond motifs is 1. The Balaban J connectivity index is 1.19. The largest absolute Gasteiger partial charge is 0.454 e. The van der Waals surface area contributed by atoms with E-state index in [0.29, 0.717) is 54.2 Å². The number of Topliss-reactive ketones (excluding diaryl/α,β-unsaturated/α-hetero) is 1. The van der Waals surface area contributed by atoms with Gasteiger partial charge in [-0.05, 0) is 78.9 Å². The molecular formula is C32H29F2N3O5S. The van der Waals surface area contributed by atoms with Gasteiger partial charge in [0.05, 0.1) is 28.5 Å². The molecule has 0 radical (unpaired) electrons. The Morgan fingerprint density at radius 2 is 1.86 bits per heavy atom. The van der Waals surface area contributed by atoms with Gasteiger partial charge in [-0.25, -0.2) is 21.9 Å². The molecule has 3 aromatic carbocycles. The third-order valence-electron chi connectivity index (χ3n) is 7.86. The Labute approximate surface area is 247 Å². The van der Waals surface area contributed by atoms with Crippen LogP contribution >= 0.6 is 0 Å². The summed E-state index contributed by atoms with van der Waals surface area (Å²) < 4.78 is 67.2. The molecule has 1 fully saturated rings. The molecule has 1 aliphatic carbocycles. The summed E-state index contributed by atoms with van der Waals surface area (Å²) in [6, 6.07) is 14.0. The number of sulfone groups is 1. The van der Waals surface area contributed by atoms with E-state index in [4.69, 9.17) is 15.2 Å². The zero-order valence-corrected chi connectivity index (χ0v) is 24.2. The molecule has 2 aliphatic rings. The van der Waals surface area contributed by atoms with Crippen LogP contribution in [-0.2, 0) is 26.7 Å². The van der Waals surface area contributed by atoms with Crippen LogP contribution < -0.4 is 10.5 Å². The number of hydrogen-bond donors (Lipinski definition) is 1. The van der Waals surface area contributed by atoms with E-state index in [1.165, 1.54) is 29.1 Å². The minimum atomic E-state index is -3.56. The molecule has 0 saturated carbocycles. The average molecular weight is 606 g/mol. The Morgan fingerprint density at radius 3 is 2.60 bits per heavy atom. The molecule has 222 valence electrons. The van der Waals surface area contributed by atoms with E-state index in [1.807, 2.05) is 6.92 Å². The first-order chi connectivity index (χ1) is 20.6. The van der Waals surface area contributed by atoms with Gasteiger partial charge in [0.15, 0.2) is 27.2 Å². The molecular weight excluding hydrogens is 576 g/mol. The lowest BCUT2D eigenvalue weighted by Gasteiger charge is -2.22. The standard InChI is InChI=1S/C32H29F2N3O5S/c1-19-12-24(42-30-5-3-2-4-27(30)33)6-7-29(19)37-32(35)26(17-36-37)31(38)22-13-20-15-23(28(34)16-21(20)14-22)18-43(39,40)25-8-10-41-11-9-25/h2-7,12,14-17,25H,8-11,13,18,35H2,1H3. The number of hydrogen-bond acceptors (Lipinski definition) is 7. The van der Waals surface area contributed by atoms with Gasteiger partial charge >= 0.3 is 0 Å². The van der Waals surface area contributed by atoms with Crippen molar-refractivity contribution in [1.82, 2.24) is 9.78 Å². The summed E-state index contributed by atoms with van der Waals surface area (Å²) in [7, 11) is -3.56. The maximum absolute atomic E-state index is 15.0. The summed E-state index contributed by atoms with van der Waals surface area (Å²) in [5.74, 6) is -1.20. The fourth-order valence-electron chi connectivity index (χ4n) is 5.52. The molecule has 0 amide bonds. The lowest BCUT2D eigenvalue weighted by Crippen LogP contribution is -2.30. The highest BCUT2D eigenvalue weighted by atomic mass is 32.2. The summed E-state index contributed by atoms with van der Waals surface area (Å²) >= 11 is 0. The zero-order chi connectivity index (χ0) is 30.3. The highest BCUT2D eigenvalue weighted by Crippen LogP contribution is 2.33. The smallest absolute Gasteiger partial charge is 0.194 e. The van der Waals surface area contributed by atoms with Gasteiger partial charge in [0, 0.05) is 30.8 Å². The van der Waals surface area contributed by atoms with Crippen LogP contribution in [0.3, 0.4) is 0 Å². The van der Waals surface area contributed by atoms with Crippen molar-refractivity contribution in [2.75, 3.05) is 18.9 Å². The molecule has 4 aromatic rings. The molecule has 1 saturated heterocycles. The molecule has 8 nitrogen and oxygen atoms in total. The molecule has 0 spiro atoms. The van der Waals surface area contributed by atoms with E-state index >= 15 is 0 Å². The van der Waals surface area contributed by atoms with Crippen LogP contribution in [0.5, 0.6) is 11.5 Å². The average Bonchev–Trinajstić information content (AvgIpc) is 3.57. The number of ether oxygens (including phenoxy) is 2. The van der Waals surface area contributed by atoms with Gasteiger partial charge in [0.1, 0.15) is 17.4 Å².